The average Bonchev–Trinajstić information content (AvgIpc) is 3.24. The Morgan fingerprint density at radius 1 is 0.800 bits per heavy atom. The van der Waals surface area contributed by atoms with Crippen molar-refractivity contribution in [3.8, 4) is 11.5 Å². The van der Waals surface area contributed by atoms with Gasteiger partial charge in [-0.05, 0) is 91.1 Å². The lowest BCUT2D eigenvalue weighted by Crippen LogP contribution is -2.38. The maximum atomic E-state index is 14.0. The van der Waals surface area contributed by atoms with Gasteiger partial charge in [0.1, 0.15) is 18.1 Å². The number of hydrogen-bond donors (Lipinski definition) is 1. The minimum absolute atomic E-state index is 0.0333. The summed E-state index contributed by atoms with van der Waals surface area (Å²) in [7, 11) is -4.86. The van der Waals surface area contributed by atoms with Gasteiger partial charge in [-0.15, -0.1) is 0 Å². The molecule has 1 fully saturated rings. The van der Waals surface area contributed by atoms with E-state index in [1.54, 1.807) is 43.4 Å². The predicted molar refractivity (Wildman–Crippen MR) is 231 cm³/mol. The van der Waals surface area contributed by atoms with Gasteiger partial charge in [0.25, 0.3) is 0 Å². The number of ether oxygens (including phenoxy) is 3. The van der Waals surface area contributed by atoms with Crippen molar-refractivity contribution in [2.45, 2.75) is 54.2 Å². The van der Waals surface area contributed by atoms with Crippen molar-refractivity contribution in [2.75, 3.05) is 33.9 Å². The summed E-state index contributed by atoms with van der Waals surface area (Å²) in [6.07, 6.45) is -0.271. The highest BCUT2D eigenvalue weighted by molar-refractivity contribution is 7.89. The van der Waals surface area contributed by atoms with Crippen molar-refractivity contribution < 1.29 is 40.9 Å². The van der Waals surface area contributed by atoms with E-state index in [4.69, 9.17) is 25.8 Å². The van der Waals surface area contributed by atoms with Gasteiger partial charge in [-0.2, -0.15) is 8.61 Å². The van der Waals surface area contributed by atoms with Crippen LogP contribution < -0.4 is 9.47 Å². The van der Waals surface area contributed by atoms with Gasteiger partial charge in [0.15, 0.2) is 6.61 Å². The third-order valence-corrected chi connectivity index (χ3v) is 14.6. The van der Waals surface area contributed by atoms with Crippen LogP contribution in [-0.4, -0.2) is 76.5 Å². The van der Waals surface area contributed by atoms with Gasteiger partial charge < -0.3 is 19.3 Å². The second kappa shape index (κ2) is 19.6. The Kier molecular flexibility index (Phi) is 14.5. The molecule has 0 spiro atoms. The Morgan fingerprint density at radius 2 is 1.40 bits per heavy atom. The summed E-state index contributed by atoms with van der Waals surface area (Å²) in [5.41, 5.74) is 3.87. The summed E-state index contributed by atoms with van der Waals surface area (Å²) in [6, 6.07) is 37.2. The second-order valence-electron chi connectivity index (χ2n) is 14.9. The van der Waals surface area contributed by atoms with Crippen LogP contribution in [0.2, 0.25) is 5.02 Å². The molecule has 1 aliphatic rings. The van der Waals surface area contributed by atoms with E-state index in [-0.39, 0.29) is 47.1 Å². The summed E-state index contributed by atoms with van der Waals surface area (Å²) in [4.78, 5) is 11.8. The molecular weight excluding hydrogens is 824 g/mol. The molecule has 4 atom stereocenters. The lowest BCUT2D eigenvalue weighted by atomic mass is 9.74. The summed E-state index contributed by atoms with van der Waals surface area (Å²) in [6.45, 7) is 5.87. The van der Waals surface area contributed by atoms with Gasteiger partial charge in [-0.1, -0.05) is 96.5 Å². The van der Waals surface area contributed by atoms with Gasteiger partial charge in [0.2, 0.25) is 20.0 Å². The lowest BCUT2D eigenvalue weighted by molar-refractivity contribution is -0.139. The molecule has 14 heteroatoms. The van der Waals surface area contributed by atoms with E-state index in [1.165, 1.54) is 33.9 Å². The molecular formula is C46H49ClN2O9S2. The summed E-state index contributed by atoms with van der Waals surface area (Å²) < 4.78 is 76.5. The molecule has 0 aromatic heterocycles. The van der Waals surface area contributed by atoms with Crippen molar-refractivity contribution in [3.05, 3.63) is 167 Å². The Bertz CT molecular complexity index is 2470. The summed E-state index contributed by atoms with van der Waals surface area (Å²) in [5, 5.41) is 10.1. The predicted octanol–water partition coefficient (Wildman–Crippen LogP) is 8.37. The first-order valence-corrected chi connectivity index (χ1v) is 22.7. The van der Waals surface area contributed by atoms with E-state index >= 15 is 0 Å². The van der Waals surface area contributed by atoms with E-state index in [0.29, 0.717) is 29.2 Å². The first-order chi connectivity index (χ1) is 28.6. The van der Waals surface area contributed by atoms with Gasteiger partial charge in [0, 0.05) is 49.6 Å². The topological polar surface area (TPSA) is 140 Å². The van der Waals surface area contributed by atoms with Gasteiger partial charge in [-0.3, -0.25) is 0 Å². The number of rotatable bonds is 18. The van der Waals surface area contributed by atoms with Crippen LogP contribution in [0, 0.1) is 5.92 Å². The van der Waals surface area contributed by atoms with Crippen LogP contribution in [0.15, 0.2) is 149 Å². The highest BCUT2D eigenvalue weighted by atomic mass is 35.5. The van der Waals surface area contributed by atoms with Gasteiger partial charge in [0.05, 0.1) is 22.0 Å². The number of carboxylic acid groups (broad SMARTS) is 1. The quantitative estimate of drug-likeness (QED) is 0.0861. The molecule has 1 aliphatic heterocycles. The van der Waals surface area contributed by atoms with Crippen LogP contribution in [0.4, 0.5) is 0 Å². The molecule has 1 saturated heterocycles. The number of sulfonamides is 2. The number of carboxylic acids is 1. The number of benzene rings is 5. The molecule has 0 saturated carbocycles. The molecule has 60 heavy (non-hydrogen) atoms. The lowest BCUT2D eigenvalue weighted by Gasteiger charge is -2.43. The largest absolute Gasteiger partial charge is 0.492 e. The van der Waals surface area contributed by atoms with E-state index < -0.39 is 44.8 Å². The summed E-state index contributed by atoms with van der Waals surface area (Å²) >= 11 is 5.98. The van der Waals surface area contributed by atoms with Crippen LogP contribution >= 0.6 is 11.6 Å². The molecule has 316 valence electrons. The fourth-order valence-electron chi connectivity index (χ4n) is 7.36. The van der Waals surface area contributed by atoms with Crippen LogP contribution in [0.5, 0.6) is 11.5 Å². The Balaban J connectivity index is 1.32. The normalized spacial score (nSPS) is 18.3. The van der Waals surface area contributed by atoms with Crippen molar-refractivity contribution in [2.24, 2.45) is 5.92 Å². The third-order valence-electron chi connectivity index (χ3n) is 10.7. The first kappa shape index (κ1) is 44.5. The van der Waals surface area contributed by atoms with E-state index in [2.05, 4.69) is 6.58 Å². The molecule has 11 nitrogen and oxygen atoms in total. The molecule has 5 aromatic rings. The zero-order valence-corrected chi connectivity index (χ0v) is 36.1. The average molecular weight is 873 g/mol. The van der Waals surface area contributed by atoms with E-state index in [1.807, 2.05) is 79.7 Å². The molecule has 5 aromatic carbocycles. The number of halogens is 1. The van der Waals surface area contributed by atoms with Crippen LogP contribution in [0.3, 0.4) is 0 Å². The number of nitrogens with zero attached hydrogens (tertiary/aromatic N) is 2. The van der Waals surface area contributed by atoms with Crippen LogP contribution in [0.1, 0.15) is 47.6 Å². The Labute approximate surface area is 357 Å². The molecule has 0 bridgehead atoms. The first-order valence-electron chi connectivity index (χ1n) is 19.4. The van der Waals surface area contributed by atoms with Crippen molar-refractivity contribution >= 4 is 37.6 Å². The fraction of sp³-hybridized carbons (Fsp3) is 0.283. The molecule has 1 heterocycles. The molecule has 0 unspecified atom stereocenters. The number of hydrogen-bond acceptors (Lipinski definition) is 8. The smallest absolute Gasteiger partial charge is 0.341 e. The van der Waals surface area contributed by atoms with Crippen molar-refractivity contribution in [1.82, 2.24) is 8.61 Å². The Morgan fingerprint density at radius 3 is 2.02 bits per heavy atom. The maximum absolute atomic E-state index is 14.0. The highest BCUT2D eigenvalue weighted by Crippen LogP contribution is 2.49. The third kappa shape index (κ3) is 10.8. The van der Waals surface area contributed by atoms with Gasteiger partial charge in [-0.25, -0.2) is 21.6 Å². The standard InChI is InChI=1S/C46H49ClN2O9S2/c1-32(2)40-29-41(35-15-21-38(22-16-35)59(52,53)49(4)30-34-13-9-6-10-14-34)44(27-33-11-7-5-8-12-33)58-46(40)42-28-39(23-24-43(42)57-31-45(50)51)60(54,55)48(3)25-26-56-37-19-17-36(47)18-20-37/h5-24,28,40-41,44,46H,1,25-27,29-31H2,2-4H3,(H,50,51)/t40-,41-,44+,46+/m0/s1. The van der Waals surface area contributed by atoms with E-state index in [0.717, 1.165) is 22.3 Å². The molecule has 6 rings (SSSR count). The van der Waals surface area contributed by atoms with Crippen LogP contribution in [-0.2, 0) is 42.5 Å². The zero-order valence-electron chi connectivity index (χ0n) is 33.7. The fourth-order valence-corrected chi connectivity index (χ4v) is 9.84. The minimum Gasteiger partial charge on any atom is -0.492 e. The zero-order chi connectivity index (χ0) is 43.0. The van der Waals surface area contributed by atoms with Crippen LogP contribution in [0.25, 0.3) is 0 Å². The number of carbonyl (C=O) groups is 1. The molecule has 0 radical (unpaired) electrons. The molecule has 0 amide bonds. The number of likely N-dealkylation sites (N-methyl/N-ethyl adjacent to an activating group) is 1. The monoisotopic (exact) mass is 872 g/mol. The SMILES string of the molecule is C=C(C)[C@@H]1C[C@@H](c2ccc(S(=O)(=O)N(C)Cc3ccccc3)cc2)[C@@H](Cc2ccccc2)O[C@H]1c1cc(S(=O)(=O)N(C)CCOc2ccc(Cl)cc2)ccc1OCC(=O)O. The maximum Gasteiger partial charge on any atom is 0.341 e. The Hall–Kier alpha value is -5.02. The van der Waals surface area contributed by atoms with Gasteiger partial charge >= 0.3 is 5.97 Å². The highest BCUT2D eigenvalue weighted by Gasteiger charge is 2.42. The second-order valence-corrected chi connectivity index (χ2v) is 19.4. The summed E-state index contributed by atoms with van der Waals surface area (Å²) in [5.74, 6) is -1.09. The number of aliphatic carboxylic acids is 1. The minimum atomic E-state index is -4.07. The molecule has 1 N–H and O–H groups in total. The molecule has 0 aliphatic carbocycles. The van der Waals surface area contributed by atoms with Crippen molar-refractivity contribution in [1.29, 1.82) is 0 Å². The van der Waals surface area contributed by atoms with E-state index in [9.17, 15) is 26.7 Å². The van der Waals surface area contributed by atoms with Crippen molar-refractivity contribution in [3.63, 3.8) is 0 Å².